The molecule has 8 atom stereocenters. The molecule has 1 saturated heterocycles. The monoisotopic (exact) mass is 1110 g/mol. The molecule has 1 heterocycles. The topological polar surface area (TPSA) is 175 Å². The summed E-state index contributed by atoms with van der Waals surface area (Å²) in [5.41, 5.74) is 0. The van der Waals surface area contributed by atoms with Crippen LogP contribution in [0.15, 0.2) is 97.2 Å². The molecule has 0 aromatic heterocycles. The van der Waals surface area contributed by atoms with Gasteiger partial charge in [0.25, 0.3) is 0 Å². The van der Waals surface area contributed by atoms with Crippen LogP contribution < -0.4 is 5.32 Å². The Balaban J connectivity index is 2.62. The molecular weight excluding hydrogens is 991 g/mol. The van der Waals surface area contributed by atoms with Gasteiger partial charge in [0.1, 0.15) is 24.4 Å². The van der Waals surface area contributed by atoms with E-state index in [4.69, 9.17) is 14.2 Å². The Hall–Kier alpha value is -3.42. The summed E-state index contributed by atoms with van der Waals surface area (Å²) in [6, 6.07) is -1.04. The molecule has 1 fully saturated rings. The van der Waals surface area contributed by atoms with E-state index in [1.165, 1.54) is 83.5 Å². The van der Waals surface area contributed by atoms with E-state index in [9.17, 15) is 35.1 Å². The van der Waals surface area contributed by atoms with Crippen LogP contribution in [-0.2, 0) is 23.8 Å². The predicted molar refractivity (Wildman–Crippen MR) is 329 cm³/mol. The molecule has 79 heavy (non-hydrogen) atoms. The first kappa shape index (κ1) is 73.6. The third-order valence-electron chi connectivity index (χ3n) is 14.5. The highest BCUT2D eigenvalue weighted by molar-refractivity contribution is 5.80. The maximum absolute atomic E-state index is 13.4. The fraction of sp³-hybridized carbons (Fsp3) is 0.735. The molecule has 0 aromatic rings. The molecule has 11 nitrogen and oxygen atoms in total. The second-order valence-corrected chi connectivity index (χ2v) is 21.8. The van der Waals surface area contributed by atoms with Crippen LogP contribution >= 0.6 is 0 Å². The zero-order valence-electron chi connectivity index (χ0n) is 50.2. The highest BCUT2D eigenvalue weighted by atomic mass is 16.7. The molecule has 1 aliphatic heterocycles. The summed E-state index contributed by atoms with van der Waals surface area (Å²) in [4.78, 5) is 26.5. The van der Waals surface area contributed by atoms with Crippen molar-refractivity contribution in [1.82, 2.24) is 5.32 Å². The first-order valence-electron chi connectivity index (χ1n) is 32.0. The minimum atomic E-state index is -1.62. The van der Waals surface area contributed by atoms with Crippen molar-refractivity contribution in [3.05, 3.63) is 97.2 Å². The van der Waals surface area contributed by atoms with Crippen molar-refractivity contribution < 1.29 is 49.3 Å². The molecule has 11 heteroatoms. The maximum Gasteiger partial charge on any atom is 0.306 e. The Morgan fingerprint density at radius 3 is 1.38 bits per heavy atom. The molecule has 1 amide bonds. The summed E-state index contributed by atoms with van der Waals surface area (Å²) in [6.07, 6.45) is 63.1. The molecule has 0 radical (unpaired) electrons. The molecular formula is C68H117NO10. The lowest BCUT2D eigenvalue weighted by molar-refractivity contribution is -0.305. The van der Waals surface area contributed by atoms with Crippen LogP contribution in [0.3, 0.4) is 0 Å². The van der Waals surface area contributed by atoms with Gasteiger partial charge in [-0.15, -0.1) is 0 Å². The number of hydrogen-bond acceptors (Lipinski definition) is 10. The van der Waals surface area contributed by atoms with Crippen molar-refractivity contribution in [1.29, 1.82) is 0 Å². The van der Waals surface area contributed by atoms with Crippen LogP contribution in [0.25, 0.3) is 0 Å². The largest absolute Gasteiger partial charge is 0.454 e. The van der Waals surface area contributed by atoms with Crippen LogP contribution in [-0.4, -0.2) is 99.6 Å². The number of unbranched alkanes of at least 4 members (excludes halogenated alkanes) is 25. The van der Waals surface area contributed by atoms with Gasteiger partial charge in [-0.2, -0.15) is 0 Å². The number of nitrogens with one attached hydrogen (secondary N) is 1. The summed E-state index contributed by atoms with van der Waals surface area (Å²) in [6.45, 7) is 5.64. The van der Waals surface area contributed by atoms with Crippen molar-refractivity contribution in [3.63, 3.8) is 0 Å². The van der Waals surface area contributed by atoms with Crippen molar-refractivity contribution in [2.24, 2.45) is 0 Å². The summed E-state index contributed by atoms with van der Waals surface area (Å²) in [5, 5.41) is 56.9. The Morgan fingerprint density at radius 2 is 0.911 bits per heavy atom. The normalized spacial score (nSPS) is 19.5. The fourth-order valence-corrected chi connectivity index (χ4v) is 9.41. The average molecular weight is 1110 g/mol. The quantitative estimate of drug-likeness (QED) is 0.0195. The fourth-order valence-electron chi connectivity index (χ4n) is 9.41. The van der Waals surface area contributed by atoms with E-state index in [-0.39, 0.29) is 19.4 Å². The SMILES string of the molecule is CC/C=C\C/C=C\C/C=C\C/C=C\C/C=C\C/C=C\CCCCCCCCCC(O)C(=O)NC(COC1OC(CO)C(O)C(O)C1OC(=O)CCCCC/C=C\CCCCCCCC)C(O)/C=C/CCCCCCCCCCC. The van der Waals surface area contributed by atoms with E-state index < -0.39 is 67.4 Å². The van der Waals surface area contributed by atoms with Crippen molar-refractivity contribution >= 4 is 11.9 Å². The van der Waals surface area contributed by atoms with Gasteiger partial charge >= 0.3 is 5.97 Å². The van der Waals surface area contributed by atoms with E-state index in [0.717, 1.165) is 128 Å². The Kier molecular flexibility index (Phi) is 51.4. The molecule has 1 aliphatic rings. The standard InChI is InChI=1S/C68H117NO10/c1-4-7-10-13-16-19-22-24-25-26-27-28-29-30-31-32-33-34-35-36-38-40-43-46-49-52-55-61(72)67(76)69-59(60(71)54-51-48-45-42-39-21-18-15-12-9-6-3)58-77-68-66(65(75)64(74)62(57-70)78-68)79-63(73)56-53-50-47-44-41-37-23-20-17-14-11-8-5-2/h7,10,16,19,24-25,27-28,30-31,33-34,37,41,51,54,59-62,64-66,68,70-72,74-75H,4-6,8-9,11-15,17-18,20-23,26,29,32,35-36,38-40,42-50,52-53,55-58H2,1-3H3,(H,69,76)/b10-7-,19-16-,25-24-,28-27-,31-30-,34-33-,41-37-,54-51+. The minimum absolute atomic E-state index is 0.0989. The number of allylic oxidation sites excluding steroid dienone is 15. The molecule has 6 N–H and O–H groups in total. The third-order valence-corrected chi connectivity index (χ3v) is 14.5. The molecule has 0 spiro atoms. The maximum atomic E-state index is 13.4. The van der Waals surface area contributed by atoms with Crippen LogP contribution in [0.5, 0.6) is 0 Å². The van der Waals surface area contributed by atoms with Gasteiger partial charge in [-0.05, 0) is 103 Å². The lowest BCUT2D eigenvalue weighted by Gasteiger charge is -2.41. The van der Waals surface area contributed by atoms with Gasteiger partial charge in [0.15, 0.2) is 12.4 Å². The zero-order valence-corrected chi connectivity index (χ0v) is 50.2. The molecule has 0 bridgehead atoms. The van der Waals surface area contributed by atoms with Gasteiger partial charge in [-0.25, -0.2) is 0 Å². The molecule has 0 saturated carbocycles. The minimum Gasteiger partial charge on any atom is -0.454 e. The number of rotatable bonds is 53. The number of aliphatic hydroxyl groups excluding tert-OH is 5. The van der Waals surface area contributed by atoms with Gasteiger partial charge in [0.2, 0.25) is 5.91 Å². The van der Waals surface area contributed by atoms with E-state index in [2.05, 4.69) is 111 Å². The zero-order chi connectivity index (χ0) is 57.5. The van der Waals surface area contributed by atoms with Crippen molar-refractivity contribution in [2.75, 3.05) is 13.2 Å². The van der Waals surface area contributed by atoms with Gasteiger partial charge in [-0.1, -0.05) is 246 Å². The van der Waals surface area contributed by atoms with E-state index in [1.54, 1.807) is 6.08 Å². The molecule has 454 valence electrons. The third kappa shape index (κ3) is 43.0. The summed E-state index contributed by atoms with van der Waals surface area (Å²) in [5.74, 6) is -1.22. The van der Waals surface area contributed by atoms with E-state index >= 15 is 0 Å². The number of esters is 1. The first-order valence-corrected chi connectivity index (χ1v) is 32.0. The van der Waals surface area contributed by atoms with Crippen LogP contribution in [0, 0.1) is 0 Å². The number of carbonyl (C=O) groups is 2. The van der Waals surface area contributed by atoms with E-state index in [1.807, 2.05) is 6.08 Å². The lowest BCUT2D eigenvalue weighted by Crippen LogP contribution is -2.61. The number of hydrogen-bond donors (Lipinski definition) is 6. The van der Waals surface area contributed by atoms with Crippen molar-refractivity contribution in [2.45, 2.75) is 307 Å². The van der Waals surface area contributed by atoms with Gasteiger partial charge in [-0.3, -0.25) is 9.59 Å². The Bertz CT molecular complexity index is 1650. The highest BCUT2D eigenvalue weighted by Gasteiger charge is 2.47. The second-order valence-electron chi connectivity index (χ2n) is 21.8. The van der Waals surface area contributed by atoms with Crippen LogP contribution in [0.1, 0.15) is 258 Å². The lowest BCUT2D eigenvalue weighted by atomic mass is 9.99. The second kappa shape index (κ2) is 55.1. The molecule has 1 rings (SSSR count). The smallest absolute Gasteiger partial charge is 0.306 e. The molecule has 0 aromatic carbocycles. The Labute approximate surface area is 482 Å². The van der Waals surface area contributed by atoms with Gasteiger partial charge in [0.05, 0.1) is 25.4 Å². The van der Waals surface area contributed by atoms with Gasteiger partial charge in [0, 0.05) is 6.42 Å². The summed E-state index contributed by atoms with van der Waals surface area (Å²) >= 11 is 0. The number of ether oxygens (including phenoxy) is 3. The Morgan fingerprint density at radius 1 is 0.506 bits per heavy atom. The average Bonchev–Trinajstić information content (AvgIpc) is 3.44. The van der Waals surface area contributed by atoms with Crippen LogP contribution in [0.4, 0.5) is 0 Å². The number of aliphatic hydroxyl groups is 5. The first-order chi connectivity index (χ1) is 38.7. The summed E-state index contributed by atoms with van der Waals surface area (Å²) < 4.78 is 17.6. The molecule has 8 unspecified atom stereocenters. The predicted octanol–water partition coefficient (Wildman–Crippen LogP) is 15.5. The van der Waals surface area contributed by atoms with Gasteiger partial charge < -0.3 is 45.1 Å². The highest BCUT2D eigenvalue weighted by Crippen LogP contribution is 2.26. The van der Waals surface area contributed by atoms with Crippen LogP contribution in [0.2, 0.25) is 0 Å². The number of amides is 1. The summed E-state index contributed by atoms with van der Waals surface area (Å²) in [7, 11) is 0. The number of carbonyl (C=O) groups excluding carboxylic acids is 2. The molecule has 0 aliphatic carbocycles. The van der Waals surface area contributed by atoms with Crippen molar-refractivity contribution in [3.8, 4) is 0 Å². The van der Waals surface area contributed by atoms with E-state index in [0.29, 0.717) is 12.8 Å².